The van der Waals surface area contributed by atoms with Gasteiger partial charge in [0.1, 0.15) is 5.82 Å². The Bertz CT molecular complexity index is 963. The van der Waals surface area contributed by atoms with E-state index in [9.17, 15) is 4.79 Å². The van der Waals surface area contributed by atoms with Crippen LogP contribution in [0.25, 0.3) is 11.1 Å². The summed E-state index contributed by atoms with van der Waals surface area (Å²) in [6.07, 6.45) is 5.01. The number of anilines is 1. The fraction of sp³-hybridized carbons (Fsp3) is 0.261. The molecule has 1 aliphatic rings. The molecule has 2 unspecified atom stereocenters. The summed E-state index contributed by atoms with van der Waals surface area (Å²) in [5.74, 6) is 0.538. The van der Waals surface area contributed by atoms with Crippen LogP contribution < -0.4 is 10.6 Å². The fourth-order valence-electron chi connectivity index (χ4n) is 3.62. The molecule has 1 aliphatic heterocycles. The molecule has 2 N–H and O–H groups in total. The number of amides is 2. The Morgan fingerprint density at radius 3 is 2.72 bits per heavy atom. The fourth-order valence-corrected chi connectivity index (χ4v) is 3.62. The number of carbonyl (C=O) groups is 1. The van der Waals surface area contributed by atoms with Gasteiger partial charge < -0.3 is 10.1 Å². The molecule has 2 aromatic heterocycles. The maximum Gasteiger partial charge on any atom is 0.320 e. The molecule has 4 rings (SSSR count). The number of hydrogen-bond donors (Lipinski definition) is 2. The molecule has 148 valence electrons. The van der Waals surface area contributed by atoms with E-state index in [1.54, 1.807) is 6.20 Å². The van der Waals surface area contributed by atoms with Crippen LogP contribution in [0, 0.1) is 6.92 Å². The van der Waals surface area contributed by atoms with Gasteiger partial charge in [-0.25, -0.2) is 9.78 Å². The SMILES string of the molecule is Cc1nc(NC(=O)NC2CCOC(c3cccnc3)C2)ccc1-c1ccccc1. The predicted molar refractivity (Wildman–Crippen MR) is 113 cm³/mol. The Balaban J connectivity index is 1.36. The first kappa shape index (κ1) is 19.1. The van der Waals surface area contributed by atoms with Crippen molar-refractivity contribution in [2.75, 3.05) is 11.9 Å². The third-order valence-corrected chi connectivity index (χ3v) is 5.09. The van der Waals surface area contributed by atoms with Crippen LogP contribution in [0.5, 0.6) is 0 Å². The van der Waals surface area contributed by atoms with Crippen molar-refractivity contribution in [2.45, 2.75) is 31.9 Å². The van der Waals surface area contributed by atoms with Gasteiger partial charge in [-0.3, -0.25) is 10.3 Å². The summed E-state index contributed by atoms with van der Waals surface area (Å²) >= 11 is 0. The highest BCUT2D eigenvalue weighted by molar-refractivity contribution is 5.88. The summed E-state index contributed by atoms with van der Waals surface area (Å²) in [5, 5.41) is 5.89. The van der Waals surface area contributed by atoms with Crippen LogP contribution in [0.3, 0.4) is 0 Å². The first-order valence-corrected chi connectivity index (χ1v) is 9.81. The minimum atomic E-state index is -0.249. The highest BCUT2D eigenvalue weighted by Gasteiger charge is 2.25. The summed E-state index contributed by atoms with van der Waals surface area (Å²) in [5.41, 5.74) is 4.07. The molecule has 3 aromatic rings. The van der Waals surface area contributed by atoms with Gasteiger partial charge in [-0.05, 0) is 49.1 Å². The maximum atomic E-state index is 12.5. The van der Waals surface area contributed by atoms with E-state index in [-0.39, 0.29) is 18.2 Å². The van der Waals surface area contributed by atoms with Crippen molar-refractivity contribution < 1.29 is 9.53 Å². The van der Waals surface area contributed by atoms with Crippen LogP contribution in [-0.4, -0.2) is 28.6 Å². The van der Waals surface area contributed by atoms with E-state index in [4.69, 9.17) is 4.74 Å². The number of nitrogens with one attached hydrogen (secondary N) is 2. The second-order valence-electron chi connectivity index (χ2n) is 7.16. The van der Waals surface area contributed by atoms with Gasteiger partial charge in [-0.2, -0.15) is 0 Å². The zero-order chi connectivity index (χ0) is 20.1. The standard InChI is InChI=1S/C23H24N4O2/c1-16-20(17-6-3-2-4-7-17)9-10-22(25-16)27-23(28)26-19-11-13-29-21(14-19)18-8-5-12-24-15-18/h2-10,12,15,19,21H,11,13-14H2,1H3,(H2,25,26,27,28). The normalized spacial score (nSPS) is 18.8. The summed E-state index contributed by atoms with van der Waals surface area (Å²) in [6, 6.07) is 17.6. The average Bonchev–Trinajstić information content (AvgIpc) is 2.75. The minimum absolute atomic E-state index is 0.0404. The van der Waals surface area contributed by atoms with Crippen LogP contribution in [0.2, 0.25) is 0 Å². The number of ether oxygens (including phenoxy) is 1. The number of aromatic nitrogens is 2. The lowest BCUT2D eigenvalue weighted by molar-refractivity contribution is 0.00235. The van der Waals surface area contributed by atoms with Crippen molar-refractivity contribution in [3.05, 3.63) is 78.2 Å². The second kappa shape index (κ2) is 8.84. The van der Waals surface area contributed by atoms with Gasteiger partial charge in [0.2, 0.25) is 0 Å². The smallest absolute Gasteiger partial charge is 0.320 e. The summed E-state index contributed by atoms with van der Waals surface area (Å²) in [6.45, 7) is 2.55. The zero-order valence-corrected chi connectivity index (χ0v) is 16.3. The number of carbonyl (C=O) groups excluding carboxylic acids is 1. The molecule has 0 spiro atoms. The average molecular weight is 388 g/mol. The van der Waals surface area contributed by atoms with E-state index in [0.717, 1.165) is 35.2 Å². The van der Waals surface area contributed by atoms with Crippen LogP contribution in [-0.2, 0) is 4.74 Å². The van der Waals surface area contributed by atoms with Crippen molar-refractivity contribution in [1.82, 2.24) is 15.3 Å². The Labute approximate surface area is 170 Å². The predicted octanol–water partition coefficient (Wildman–Crippen LogP) is 4.49. The summed E-state index contributed by atoms with van der Waals surface area (Å²) in [7, 11) is 0. The van der Waals surface area contributed by atoms with Crippen LogP contribution >= 0.6 is 0 Å². The van der Waals surface area contributed by atoms with Crippen molar-refractivity contribution in [2.24, 2.45) is 0 Å². The van der Waals surface area contributed by atoms with Crippen LogP contribution in [0.15, 0.2) is 67.0 Å². The van der Waals surface area contributed by atoms with Crippen molar-refractivity contribution in [1.29, 1.82) is 0 Å². The van der Waals surface area contributed by atoms with Crippen LogP contribution in [0.4, 0.5) is 10.6 Å². The largest absolute Gasteiger partial charge is 0.373 e. The lowest BCUT2D eigenvalue weighted by Gasteiger charge is -2.30. The quantitative estimate of drug-likeness (QED) is 0.690. The molecule has 0 bridgehead atoms. The van der Waals surface area contributed by atoms with E-state index in [1.807, 2.05) is 67.7 Å². The van der Waals surface area contributed by atoms with E-state index in [1.165, 1.54) is 0 Å². The van der Waals surface area contributed by atoms with Crippen LogP contribution in [0.1, 0.15) is 30.2 Å². The number of benzene rings is 1. The molecule has 6 nitrogen and oxygen atoms in total. The molecule has 1 aromatic carbocycles. The molecule has 2 atom stereocenters. The molecule has 2 amide bonds. The number of urea groups is 1. The van der Waals surface area contributed by atoms with Gasteiger partial charge in [-0.15, -0.1) is 0 Å². The molecule has 3 heterocycles. The molecular weight excluding hydrogens is 364 g/mol. The lowest BCUT2D eigenvalue weighted by atomic mass is 9.99. The Morgan fingerprint density at radius 1 is 1.10 bits per heavy atom. The van der Waals surface area contributed by atoms with E-state index < -0.39 is 0 Å². The number of rotatable bonds is 4. The van der Waals surface area contributed by atoms with Gasteiger partial charge in [0, 0.05) is 36.3 Å². The molecule has 0 saturated carbocycles. The topological polar surface area (TPSA) is 76.1 Å². The lowest BCUT2D eigenvalue weighted by Crippen LogP contribution is -2.42. The van der Waals surface area contributed by atoms with E-state index in [0.29, 0.717) is 12.4 Å². The molecule has 6 heteroatoms. The molecular formula is C23H24N4O2. The van der Waals surface area contributed by atoms with Gasteiger partial charge in [0.15, 0.2) is 0 Å². The summed E-state index contributed by atoms with van der Waals surface area (Å²) < 4.78 is 5.84. The molecule has 1 saturated heterocycles. The molecule has 1 fully saturated rings. The Hall–Kier alpha value is -3.25. The van der Waals surface area contributed by atoms with Gasteiger partial charge in [0.25, 0.3) is 0 Å². The van der Waals surface area contributed by atoms with Gasteiger partial charge in [-0.1, -0.05) is 36.4 Å². The third kappa shape index (κ3) is 4.78. The van der Waals surface area contributed by atoms with Crippen molar-refractivity contribution in [3.63, 3.8) is 0 Å². The van der Waals surface area contributed by atoms with Gasteiger partial charge >= 0.3 is 6.03 Å². The second-order valence-corrected chi connectivity index (χ2v) is 7.16. The van der Waals surface area contributed by atoms with Crippen molar-refractivity contribution >= 4 is 11.8 Å². The zero-order valence-electron chi connectivity index (χ0n) is 16.3. The monoisotopic (exact) mass is 388 g/mol. The third-order valence-electron chi connectivity index (χ3n) is 5.09. The Kier molecular flexibility index (Phi) is 5.81. The van der Waals surface area contributed by atoms with Crippen molar-refractivity contribution in [3.8, 4) is 11.1 Å². The first-order valence-electron chi connectivity index (χ1n) is 9.81. The highest BCUT2D eigenvalue weighted by atomic mass is 16.5. The molecule has 29 heavy (non-hydrogen) atoms. The number of nitrogens with zero attached hydrogens (tertiary/aromatic N) is 2. The number of pyridine rings is 2. The number of aryl methyl sites for hydroxylation is 1. The summed E-state index contributed by atoms with van der Waals surface area (Å²) in [4.78, 5) is 21.2. The molecule has 0 radical (unpaired) electrons. The number of hydrogen-bond acceptors (Lipinski definition) is 4. The Morgan fingerprint density at radius 2 is 1.97 bits per heavy atom. The first-order chi connectivity index (χ1) is 14.2. The minimum Gasteiger partial charge on any atom is -0.373 e. The molecule has 0 aliphatic carbocycles. The maximum absolute atomic E-state index is 12.5. The van der Waals surface area contributed by atoms with E-state index in [2.05, 4.69) is 20.6 Å². The highest BCUT2D eigenvalue weighted by Crippen LogP contribution is 2.27. The van der Waals surface area contributed by atoms with E-state index >= 15 is 0 Å². The van der Waals surface area contributed by atoms with Gasteiger partial charge in [0.05, 0.1) is 6.10 Å².